The number of methoxy groups -OCH3 is 1. The molecular weight excluding hydrogens is 280 g/mol. The largest absolute Gasteiger partial charge is 0.497 e. The third-order valence-corrected chi connectivity index (χ3v) is 3.70. The molecule has 0 aliphatic carbocycles. The third kappa shape index (κ3) is 2.36. The van der Waals surface area contributed by atoms with Gasteiger partial charge in [-0.05, 0) is 43.7 Å². The SMILES string of the molecule is CCn1nc(C)c2c1C(=O)NCC(c1ccc(OC)cc1)=N2. The number of rotatable bonds is 3. The first-order valence-electron chi connectivity index (χ1n) is 7.21. The molecule has 0 saturated carbocycles. The number of fused-ring (bicyclic) bond motifs is 1. The first kappa shape index (κ1) is 14.3. The van der Waals surface area contributed by atoms with Crippen LogP contribution in [0.4, 0.5) is 5.69 Å². The van der Waals surface area contributed by atoms with Gasteiger partial charge in [0.05, 0.1) is 25.1 Å². The number of carbonyl (C=O) groups excluding carboxylic acids is 1. The highest BCUT2D eigenvalue weighted by Crippen LogP contribution is 2.27. The van der Waals surface area contributed by atoms with Gasteiger partial charge < -0.3 is 10.1 Å². The van der Waals surface area contributed by atoms with Gasteiger partial charge in [0.25, 0.3) is 5.91 Å². The number of nitrogens with one attached hydrogen (secondary N) is 1. The van der Waals surface area contributed by atoms with Gasteiger partial charge in [0.2, 0.25) is 0 Å². The summed E-state index contributed by atoms with van der Waals surface area (Å²) in [4.78, 5) is 17.0. The maximum absolute atomic E-state index is 12.3. The van der Waals surface area contributed by atoms with Crippen molar-refractivity contribution in [2.24, 2.45) is 4.99 Å². The average Bonchev–Trinajstić information content (AvgIpc) is 2.75. The molecule has 3 rings (SSSR count). The summed E-state index contributed by atoms with van der Waals surface area (Å²) in [6, 6.07) is 7.64. The van der Waals surface area contributed by atoms with Crippen molar-refractivity contribution < 1.29 is 9.53 Å². The lowest BCUT2D eigenvalue weighted by Gasteiger charge is -2.07. The molecule has 0 unspecified atom stereocenters. The summed E-state index contributed by atoms with van der Waals surface area (Å²) in [7, 11) is 1.63. The minimum atomic E-state index is -0.135. The Labute approximate surface area is 128 Å². The zero-order valence-electron chi connectivity index (χ0n) is 12.9. The van der Waals surface area contributed by atoms with Gasteiger partial charge in [-0.2, -0.15) is 5.10 Å². The van der Waals surface area contributed by atoms with Gasteiger partial charge in [0.15, 0.2) is 5.69 Å². The summed E-state index contributed by atoms with van der Waals surface area (Å²) in [6.45, 7) is 4.86. The number of benzene rings is 1. The molecule has 6 heteroatoms. The summed E-state index contributed by atoms with van der Waals surface area (Å²) in [6.07, 6.45) is 0. The maximum Gasteiger partial charge on any atom is 0.272 e. The molecular formula is C16H18N4O2. The van der Waals surface area contributed by atoms with Gasteiger partial charge in [-0.15, -0.1) is 0 Å². The van der Waals surface area contributed by atoms with Gasteiger partial charge in [-0.3, -0.25) is 9.48 Å². The maximum atomic E-state index is 12.3. The van der Waals surface area contributed by atoms with Crippen LogP contribution in [0.15, 0.2) is 29.3 Å². The molecule has 0 bridgehead atoms. The molecule has 0 saturated heterocycles. The van der Waals surface area contributed by atoms with Crippen molar-refractivity contribution >= 4 is 17.3 Å². The van der Waals surface area contributed by atoms with Crippen LogP contribution in [0.2, 0.25) is 0 Å². The Morgan fingerprint density at radius 2 is 2.05 bits per heavy atom. The Hall–Kier alpha value is -2.63. The van der Waals surface area contributed by atoms with Gasteiger partial charge in [0, 0.05) is 6.54 Å². The van der Waals surface area contributed by atoms with Crippen molar-refractivity contribution in [3.8, 4) is 5.75 Å². The van der Waals surface area contributed by atoms with E-state index in [1.807, 2.05) is 38.1 Å². The van der Waals surface area contributed by atoms with E-state index >= 15 is 0 Å². The van der Waals surface area contributed by atoms with Crippen molar-refractivity contribution in [3.05, 3.63) is 41.2 Å². The van der Waals surface area contributed by atoms with Crippen LogP contribution >= 0.6 is 0 Å². The molecule has 0 fully saturated rings. The van der Waals surface area contributed by atoms with E-state index in [4.69, 9.17) is 9.73 Å². The zero-order valence-corrected chi connectivity index (χ0v) is 12.9. The summed E-state index contributed by atoms with van der Waals surface area (Å²) >= 11 is 0. The molecule has 22 heavy (non-hydrogen) atoms. The standard InChI is InChI=1S/C16H18N4O2/c1-4-20-15-14(10(2)19-20)18-13(9-17-16(15)21)11-5-7-12(22-3)8-6-11/h5-8H,4,9H2,1-3H3,(H,17,21). The molecule has 1 aliphatic rings. The van der Waals surface area contributed by atoms with E-state index in [2.05, 4.69) is 10.4 Å². The summed E-state index contributed by atoms with van der Waals surface area (Å²) in [5.41, 5.74) is 3.72. The summed E-state index contributed by atoms with van der Waals surface area (Å²) < 4.78 is 6.86. The van der Waals surface area contributed by atoms with Crippen molar-refractivity contribution in [1.29, 1.82) is 0 Å². The number of aromatic nitrogens is 2. The van der Waals surface area contributed by atoms with E-state index < -0.39 is 0 Å². The van der Waals surface area contributed by atoms with Crippen LogP contribution in [0.25, 0.3) is 0 Å². The molecule has 1 aromatic heterocycles. The van der Waals surface area contributed by atoms with Crippen LogP contribution in [0, 0.1) is 6.92 Å². The highest BCUT2D eigenvalue weighted by Gasteiger charge is 2.24. The van der Waals surface area contributed by atoms with Gasteiger partial charge in [-0.1, -0.05) is 0 Å². The number of hydrogen-bond donors (Lipinski definition) is 1. The molecule has 0 spiro atoms. The average molecular weight is 298 g/mol. The lowest BCUT2D eigenvalue weighted by molar-refractivity contribution is 0.0950. The third-order valence-electron chi connectivity index (χ3n) is 3.70. The van der Waals surface area contributed by atoms with Gasteiger partial charge >= 0.3 is 0 Å². The molecule has 1 aromatic carbocycles. The first-order chi connectivity index (χ1) is 10.6. The van der Waals surface area contributed by atoms with Crippen molar-refractivity contribution in [2.75, 3.05) is 13.7 Å². The van der Waals surface area contributed by atoms with Gasteiger partial charge in [-0.25, -0.2) is 4.99 Å². The lowest BCUT2D eigenvalue weighted by atomic mass is 10.1. The number of nitrogens with zero attached hydrogens (tertiary/aromatic N) is 3. The molecule has 0 atom stereocenters. The van der Waals surface area contributed by atoms with E-state index in [1.165, 1.54) is 0 Å². The number of aliphatic imine (C=N–C) groups is 1. The number of aryl methyl sites for hydroxylation is 2. The minimum absolute atomic E-state index is 0.135. The van der Waals surface area contributed by atoms with E-state index in [0.717, 1.165) is 22.7 Å². The predicted molar refractivity (Wildman–Crippen MR) is 84.2 cm³/mol. The van der Waals surface area contributed by atoms with Crippen molar-refractivity contribution in [1.82, 2.24) is 15.1 Å². The van der Waals surface area contributed by atoms with Crippen molar-refractivity contribution in [3.63, 3.8) is 0 Å². The van der Waals surface area contributed by atoms with Crippen molar-refractivity contribution in [2.45, 2.75) is 20.4 Å². The lowest BCUT2D eigenvalue weighted by Crippen LogP contribution is -2.29. The second kappa shape index (κ2) is 5.63. The topological polar surface area (TPSA) is 68.5 Å². The van der Waals surface area contributed by atoms with Crippen LogP contribution in [-0.4, -0.2) is 35.1 Å². The Kier molecular flexibility index (Phi) is 3.66. The number of carbonyl (C=O) groups is 1. The Morgan fingerprint density at radius 3 is 2.68 bits per heavy atom. The number of hydrogen-bond acceptors (Lipinski definition) is 4. The highest BCUT2D eigenvalue weighted by molar-refractivity contribution is 6.10. The normalized spacial score (nSPS) is 14.0. The molecule has 1 N–H and O–H groups in total. The quantitative estimate of drug-likeness (QED) is 0.943. The first-order valence-corrected chi connectivity index (χ1v) is 7.21. The molecule has 1 amide bonds. The molecule has 2 heterocycles. The zero-order chi connectivity index (χ0) is 15.7. The van der Waals surface area contributed by atoms with Crippen LogP contribution in [0.3, 0.4) is 0 Å². The minimum Gasteiger partial charge on any atom is -0.497 e. The van der Waals surface area contributed by atoms with E-state index in [1.54, 1.807) is 11.8 Å². The number of amides is 1. The fourth-order valence-corrected chi connectivity index (χ4v) is 2.53. The number of ether oxygens (including phenoxy) is 1. The Bertz CT molecular complexity index is 744. The van der Waals surface area contributed by atoms with Crippen LogP contribution in [0.5, 0.6) is 5.75 Å². The molecule has 0 radical (unpaired) electrons. The van der Waals surface area contributed by atoms with Crippen LogP contribution < -0.4 is 10.1 Å². The summed E-state index contributed by atoms with van der Waals surface area (Å²) in [5, 5.41) is 7.29. The van der Waals surface area contributed by atoms with Crippen LogP contribution in [-0.2, 0) is 6.54 Å². The van der Waals surface area contributed by atoms with Crippen LogP contribution in [0.1, 0.15) is 28.7 Å². The summed E-state index contributed by atoms with van der Waals surface area (Å²) in [5.74, 6) is 0.655. The molecule has 2 aromatic rings. The second-order valence-electron chi connectivity index (χ2n) is 5.07. The van der Waals surface area contributed by atoms with E-state index in [0.29, 0.717) is 24.5 Å². The smallest absolute Gasteiger partial charge is 0.272 e. The Balaban J connectivity index is 2.07. The fraction of sp³-hybridized carbons (Fsp3) is 0.312. The molecule has 6 nitrogen and oxygen atoms in total. The van der Waals surface area contributed by atoms with E-state index in [9.17, 15) is 4.79 Å². The Morgan fingerprint density at radius 1 is 1.32 bits per heavy atom. The molecule has 1 aliphatic heterocycles. The highest BCUT2D eigenvalue weighted by atomic mass is 16.5. The van der Waals surface area contributed by atoms with Gasteiger partial charge in [0.1, 0.15) is 11.4 Å². The fourth-order valence-electron chi connectivity index (χ4n) is 2.53. The second-order valence-corrected chi connectivity index (χ2v) is 5.07. The van der Waals surface area contributed by atoms with E-state index in [-0.39, 0.29) is 5.91 Å². The predicted octanol–water partition coefficient (Wildman–Crippen LogP) is 2.08. The monoisotopic (exact) mass is 298 g/mol. The molecule has 114 valence electrons.